The normalized spacial score (nSPS) is 11.0. The van der Waals surface area contributed by atoms with Crippen molar-refractivity contribution in [2.24, 2.45) is 0 Å². The van der Waals surface area contributed by atoms with Gasteiger partial charge in [0.15, 0.2) is 5.69 Å². The summed E-state index contributed by atoms with van der Waals surface area (Å²) in [6.45, 7) is 3.55. The fraction of sp³-hybridized carbons (Fsp3) is 0.409. The van der Waals surface area contributed by atoms with Gasteiger partial charge in [-0.1, -0.05) is 57.2 Å². The summed E-state index contributed by atoms with van der Waals surface area (Å²) in [6, 6.07) is 11.7. The molecule has 2 aromatic heterocycles. The minimum atomic E-state index is -0.0159. The van der Waals surface area contributed by atoms with E-state index in [4.69, 9.17) is 0 Å². The lowest BCUT2D eigenvalue weighted by molar-refractivity contribution is 0.0735. The number of rotatable bonds is 10. The molecule has 0 fully saturated rings. The van der Waals surface area contributed by atoms with E-state index in [0.29, 0.717) is 12.2 Å². The molecule has 2 heterocycles. The topological polar surface area (TPSA) is 61.9 Å². The van der Waals surface area contributed by atoms with Crippen molar-refractivity contribution in [2.75, 3.05) is 6.54 Å². The van der Waals surface area contributed by atoms with Crippen LogP contribution in [0.25, 0.3) is 10.9 Å². The van der Waals surface area contributed by atoms with Crippen LogP contribution in [0.5, 0.6) is 0 Å². The molecule has 5 heteroatoms. The molecule has 0 aliphatic heterocycles. The second-order valence-corrected chi connectivity index (χ2v) is 6.97. The molecule has 1 amide bonds. The smallest absolute Gasteiger partial charge is 0.275 e. The van der Waals surface area contributed by atoms with Gasteiger partial charge < -0.3 is 4.90 Å². The number of hydrogen-bond donors (Lipinski definition) is 1. The molecule has 0 saturated heterocycles. The molecular formula is C22H28N4O. The number of amides is 1. The quantitative estimate of drug-likeness (QED) is 0.517. The lowest BCUT2D eigenvalue weighted by Gasteiger charge is -2.22. The van der Waals surface area contributed by atoms with Crippen LogP contribution in [0.4, 0.5) is 0 Å². The number of unbranched alkanes of at least 4 members (excludes halogenated alkanes) is 5. The number of fused-ring (bicyclic) bond motifs is 1. The maximum atomic E-state index is 13.2. The maximum absolute atomic E-state index is 13.2. The highest BCUT2D eigenvalue weighted by molar-refractivity contribution is 6.04. The molecule has 0 spiro atoms. The van der Waals surface area contributed by atoms with Crippen molar-refractivity contribution in [3.05, 3.63) is 60.0 Å². The van der Waals surface area contributed by atoms with Gasteiger partial charge in [0.25, 0.3) is 5.91 Å². The minimum absolute atomic E-state index is 0.0159. The zero-order valence-electron chi connectivity index (χ0n) is 16.0. The van der Waals surface area contributed by atoms with E-state index < -0.39 is 0 Å². The number of pyridine rings is 1. The molecule has 0 aliphatic rings. The van der Waals surface area contributed by atoms with Crippen LogP contribution in [-0.4, -0.2) is 32.5 Å². The summed E-state index contributed by atoms with van der Waals surface area (Å²) in [5, 5.41) is 8.15. The number of carbonyl (C=O) groups is 1. The van der Waals surface area contributed by atoms with Crippen molar-refractivity contribution >= 4 is 16.8 Å². The van der Waals surface area contributed by atoms with Gasteiger partial charge in [0.1, 0.15) is 0 Å². The Morgan fingerprint density at radius 2 is 1.74 bits per heavy atom. The van der Waals surface area contributed by atoms with Gasteiger partial charge in [-0.05, 0) is 30.2 Å². The first-order valence-corrected chi connectivity index (χ1v) is 9.91. The van der Waals surface area contributed by atoms with Gasteiger partial charge in [0.2, 0.25) is 0 Å². The molecular weight excluding hydrogens is 336 g/mol. The largest absolute Gasteiger partial charge is 0.333 e. The molecule has 1 aromatic carbocycles. The molecule has 0 atom stereocenters. The molecule has 3 aromatic rings. The van der Waals surface area contributed by atoms with Gasteiger partial charge in [0, 0.05) is 30.9 Å². The van der Waals surface area contributed by atoms with Crippen LogP contribution in [0.15, 0.2) is 48.8 Å². The van der Waals surface area contributed by atoms with E-state index in [0.717, 1.165) is 35.9 Å². The van der Waals surface area contributed by atoms with Gasteiger partial charge in [-0.2, -0.15) is 5.10 Å². The van der Waals surface area contributed by atoms with Crippen molar-refractivity contribution in [1.82, 2.24) is 20.1 Å². The molecule has 0 radical (unpaired) electrons. The number of nitrogens with one attached hydrogen (secondary N) is 1. The molecule has 3 rings (SSSR count). The molecule has 0 bridgehead atoms. The highest BCUT2D eigenvalue weighted by atomic mass is 16.2. The predicted octanol–water partition coefficient (Wildman–Crippen LogP) is 4.96. The van der Waals surface area contributed by atoms with E-state index in [1.165, 1.54) is 25.7 Å². The van der Waals surface area contributed by atoms with Gasteiger partial charge in [-0.3, -0.25) is 14.9 Å². The van der Waals surface area contributed by atoms with Crippen LogP contribution in [0.1, 0.15) is 61.5 Å². The van der Waals surface area contributed by atoms with Crippen LogP contribution in [0.2, 0.25) is 0 Å². The van der Waals surface area contributed by atoms with Gasteiger partial charge in [-0.15, -0.1) is 0 Å². The first-order chi connectivity index (χ1) is 13.3. The highest BCUT2D eigenvalue weighted by Gasteiger charge is 2.21. The van der Waals surface area contributed by atoms with Crippen molar-refractivity contribution in [3.8, 4) is 0 Å². The Labute approximate surface area is 160 Å². The molecule has 27 heavy (non-hydrogen) atoms. The highest BCUT2D eigenvalue weighted by Crippen LogP contribution is 2.19. The van der Waals surface area contributed by atoms with Crippen molar-refractivity contribution in [3.63, 3.8) is 0 Å². The standard InChI is InChI=1S/C22H28N4O/c1-2-3-4-5-6-9-16-26(17-18-12-14-23-15-13-18)22(27)21-19-10-7-8-11-20(19)24-25-21/h7-8,10-15H,2-6,9,16-17H2,1H3,(H,24,25). The monoisotopic (exact) mass is 364 g/mol. The summed E-state index contributed by atoms with van der Waals surface area (Å²) in [7, 11) is 0. The average Bonchev–Trinajstić information content (AvgIpc) is 3.14. The summed E-state index contributed by atoms with van der Waals surface area (Å²) in [5.74, 6) is -0.0159. The van der Waals surface area contributed by atoms with Crippen molar-refractivity contribution < 1.29 is 4.79 Å². The second-order valence-electron chi connectivity index (χ2n) is 6.97. The Morgan fingerprint density at radius 1 is 1.00 bits per heavy atom. The van der Waals surface area contributed by atoms with E-state index >= 15 is 0 Å². The van der Waals surface area contributed by atoms with E-state index in [9.17, 15) is 4.79 Å². The van der Waals surface area contributed by atoms with Crippen molar-refractivity contribution in [2.45, 2.75) is 52.0 Å². The third kappa shape index (κ3) is 5.16. The first-order valence-electron chi connectivity index (χ1n) is 9.91. The third-order valence-electron chi connectivity index (χ3n) is 4.86. The van der Waals surface area contributed by atoms with Crippen LogP contribution in [0, 0.1) is 0 Å². The number of para-hydroxylation sites is 1. The molecule has 1 N–H and O–H groups in total. The van der Waals surface area contributed by atoms with Crippen LogP contribution in [-0.2, 0) is 6.54 Å². The fourth-order valence-electron chi connectivity index (χ4n) is 3.32. The zero-order chi connectivity index (χ0) is 18.9. The summed E-state index contributed by atoms with van der Waals surface area (Å²) in [6.07, 6.45) is 10.8. The molecule has 0 aliphatic carbocycles. The SMILES string of the molecule is CCCCCCCCN(Cc1ccncc1)C(=O)c1n[nH]c2ccccc12. The summed E-state index contributed by atoms with van der Waals surface area (Å²) < 4.78 is 0. The summed E-state index contributed by atoms with van der Waals surface area (Å²) >= 11 is 0. The first kappa shape index (κ1) is 19.1. The number of H-pyrrole nitrogens is 1. The number of benzene rings is 1. The molecule has 0 saturated carbocycles. The van der Waals surface area contributed by atoms with Gasteiger partial charge in [-0.25, -0.2) is 0 Å². The number of aromatic nitrogens is 3. The molecule has 0 unspecified atom stereocenters. The summed E-state index contributed by atoms with van der Waals surface area (Å²) in [4.78, 5) is 19.2. The molecule has 5 nitrogen and oxygen atoms in total. The third-order valence-corrected chi connectivity index (χ3v) is 4.86. The maximum Gasteiger partial charge on any atom is 0.275 e. The van der Waals surface area contributed by atoms with Crippen LogP contribution < -0.4 is 0 Å². The number of hydrogen-bond acceptors (Lipinski definition) is 3. The Balaban J connectivity index is 1.71. The number of aromatic amines is 1. The lowest BCUT2D eigenvalue weighted by atomic mass is 10.1. The van der Waals surface area contributed by atoms with E-state index in [-0.39, 0.29) is 5.91 Å². The zero-order valence-corrected chi connectivity index (χ0v) is 16.0. The van der Waals surface area contributed by atoms with Gasteiger partial charge >= 0.3 is 0 Å². The molecule has 142 valence electrons. The second kappa shape index (κ2) is 9.86. The Morgan fingerprint density at radius 3 is 2.56 bits per heavy atom. The van der Waals surface area contributed by atoms with E-state index in [1.807, 2.05) is 41.3 Å². The van der Waals surface area contributed by atoms with Crippen LogP contribution in [0.3, 0.4) is 0 Å². The Kier molecular flexibility index (Phi) is 6.97. The number of carbonyl (C=O) groups excluding carboxylic acids is 1. The van der Waals surface area contributed by atoms with E-state index in [2.05, 4.69) is 22.1 Å². The minimum Gasteiger partial charge on any atom is -0.333 e. The predicted molar refractivity (Wildman–Crippen MR) is 108 cm³/mol. The average molecular weight is 364 g/mol. The Hall–Kier alpha value is -2.69. The van der Waals surface area contributed by atoms with Crippen LogP contribution >= 0.6 is 0 Å². The van der Waals surface area contributed by atoms with Gasteiger partial charge in [0.05, 0.1) is 5.52 Å². The summed E-state index contributed by atoms with van der Waals surface area (Å²) in [5.41, 5.74) is 2.49. The van der Waals surface area contributed by atoms with Crippen molar-refractivity contribution in [1.29, 1.82) is 0 Å². The lowest BCUT2D eigenvalue weighted by Crippen LogP contribution is -2.32. The fourth-order valence-corrected chi connectivity index (χ4v) is 3.32. The Bertz CT molecular complexity index is 844. The number of nitrogens with zero attached hydrogens (tertiary/aromatic N) is 3. The van der Waals surface area contributed by atoms with E-state index in [1.54, 1.807) is 12.4 Å².